The molecule has 0 aliphatic heterocycles. The van der Waals surface area contributed by atoms with Gasteiger partial charge in [-0.3, -0.25) is 0 Å². The minimum absolute atomic E-state index is 0.262. The Balaban J connectivity index is 2.58. The first kappa shape index (κ1) is 15.2. The lowest BCUT2D eigenvalue weighted by molar-refractivity contribution is -0.138. The fourth-order valence-electron chi connectivity index (χ4n) is 1.22. The number of carbonyl (C=O) groups excluding carboxylic acids is 2. The van der Waals surface area contributed by atoms with E-state index in [2.05, 4.69) is 0 Å². The molecule has 0 unspecified atom stereocenters. The van der Waals surface area contributed by atoms with Gasteiger partial charge in [-0.2, -0.15) is 0 Å². The van der Waals surface area contributed by atoms with Crippen LogP contribution in [-0.4, -0.2) is 18.5 Å². The maximum Gasteiger partial charge on any atom is 0.336 e. The van der Waals surface area contributed by atoms with E-state index in [0.29, 0.717) is 11.6 Å². The number of ether oxygens (including phenoxy) is 2. The van der Waals surface area contributed by atoms with Crippen molar-refractivity contribution in [1.82, 2.24) is 0 Å². The molecule has 0 fully saturated rings. The van der Waals surface area contributed by atoms with Gasteiger partial charge in [-0.25, -0.2) is 9.59 Å². The van der Waals surface area contributed by atoms with Gasteiger partial charge in [0.2, 0.25) is 0 Å². The van der Waals surface area contributed by atoms with Gasteiger partial charge in [0, 0.05) is 12.2 Å². The van der Waals surface area contributed by atoms with Crippen molar-refractivity contribution in [2.45, 2.75) is 20.3 Å². The molecule has 0 aliphatic carbocycles. The minimum Gasteiger partial charge on any atom is -0.463 e. The summed E-state index contributed by atoms with van der Waals surface area (Å²) in [6, 6.07) is 5.08. The van der Waals surface area contributed by atoms with E-state index in [1.165, 1.54) is 0 Å². The van der Waals surface area contributed by atoms with Crippen molar-refractivity contribution < 1.29 is 19.1 Å². The molecule has 0 atom stereocenters. The number of hydrogen-bond donors (Lipinski definition) is 0. The maximum atomic E-state index is 11.5. The zero-order chi connectivity index (χ0) is 14.3. The first-order valence-corrected chi connectivity index (χ1v) is 6.23. The zero-order valence-corrected chi connectivity index (χ0v) is 11.6. The van der Waals surface area contributed by atoms with Gasteiger partial charge in [0.25, 0.3) is 0 Å². The molecule has 1 rings (SSSR count). The lowest BCUT2D eigenvalue weighted by Gasteiger charge is -2.04. The smallest absolute Gasteiger partial charge is 0.336 e. The Hall–Kier alpha value is -1.81. The van der Waals surface area contributed by atoms with Crippen LogP contribution in [0.15, 0.2) is 30.4 Å². The lowest BCUT2D eigenvalue weighted by atomic mass is 10.2. The lowest BCUT2D eigenvalue weighted by Crippen LogP contribution is -2.07. The predicted octanol–water partition coefficient (Wildman–Crippen LogP) is 3.06. The van der Waals surface area contributed by atoms with E-state index in [1.54, 1.807) is 18.2 Å². The van der Waals surface area contributed by atoms with Crippen LogP contribution in [0.2, 0.25) is 5.02 Å². The number of carbonyl (C=O) groups is 2. The Morgan fingerprint density at radius 1 is 1.26 bits per heavy atom. The molecule has 0 saturated heterocycles. The van der Waals surface area contributed by atoms with Crippen molar-refractivity contribution in [3.63, 3.8) is 0 Å². The van der Waals surface area contributed by atoms with Gasteiger partial charge in [0.05, 0.1) is 11.6 Å². The predicted molar refractivity (Wildman–Crippen MR) is 72.2 cm³/mol. The van der Waals surface area contributed by atoms with E-state index in [-0.39, 0.29) is 5.75 Å². The van der Waals surface area contributed by atoms with Crippen molar-refractivity contribution in [2.24, 2.45) is 0 Å². The number of halogens is 1. The maximum absolute atomic E-state index is 11.5. The molecule has 0 radical (unpaired) electrons. The highest BCUT2D eigenvalue weighted by Crippen LogP contribution is 2.25. The van der Waals surface area contributed by atoms with Crippen LogP contribution in [0, 0.1) is 6.92 Å². The standard InChI is InChI=1S/C14H15ClO4/c1-3-8-18-13(16)6-7-14(17)19-12-9-10(2)4-5-11(12)15/h4-7,9H,3,8H2,1-2H3/b7-6+. The molecule has 1 aromatic rings. The monoisotopic (exact) mass is 282 g/mol. The van der Waals surface area contributed by atoms with E-state index >= 15 is 0 Å². The summed E-state index contributed by atoms with van der Waals surface area (Å²) in [7, 11) is 0. The summed E-state index contributed by atoms with van der Waals surface area (Å²) in [5.41, 5.74) is 0.915. The molecule has 0 bridgehead atoms. The van der Waals surface area contributed by atoms with Crippen LogP contribution in [0.3, 0.4) is 0 Å². The molecule has 0 saturated carbocycles. The summed E-state index contributed by atoms with van der Waals surface area (Å²) in [6.07, 6.45) is 2.77. The molecule has 0 N–H and O–H groups in total. The van der Waals surface area contributed by atoms with E-state index in [1.807, 2.05) is 13.8 Å². The quantitative estimate of drug-likeness (QED) is 0.473. The van der Waals surface area contributed by atoms with Gasteiger partial charge in [-0.1, -0.05) is 24.6 Å². The molecule has 19 heavy (non-hydrogen) atoms. The van der Waals surface area contributed by atoms with Crippen molar-refractivity contribution in [2.75, 3.05) is 6.61 Å². The topological polar surface area (TPSA) is 52.6 Å². The average Bonchev–Trinajstić information content (AvgIpc) is 2.38. The van der Waals surface area contributed by atoms with Crippen molar-refractivity contribution in [3.05, 3.63) is 40.9 Å². The van der Waals surface area contributed by atoms with Gasteiger partial charge in [0.1, 0.15) is 5.75 Å². The second kappa shape index (κ2) is 7.59. The largest absolute Gasteiger partial charge is 0.463 e. The van der Waals surface area contributed by atoms with E-state index in [4.69, 9.17) is 21.1 Å². The number of esters is 2. The Labute approximate surface area is 117 Å². The average molecular weight is 283 g/mol. The van der Waals surface area contributed by atoms with Crippen molar-refractivity contribution in [1.29, 1.82) is 0 Å². The van der Waals surface area contributed by atoms with Crippen LogP contribution in [0.1, 0.15) is 18.9 Å². The molecule has 5 heteroatoms. The molecule has 0 aliphatic rings. The fraction of sp³-hybridized carbons (Fsp3) is 0.286. The number of benzene rings is 1. The van der Waals surface area contributed by atoms with Gasteiger partial charge < -0.3 is 9.47 Å². The Morgan fingerprint density at radius 3 is 2.63 bits per heavy atom. The Bertz CT molecular complexity index is 494. The Kier molecular flexibility index (Phi) is 6.09. The summed E-state index contributed by atoms with van der Waals surface area (Å²) in [6.45, 7) is 4.05. The molecular formula is C14H15ClO4. The number of hydrogen-bond acceptors (Lipinski definition) is 4. The molecule has 0 spiro atoms. The molecule has 0 heterocycles. The second-order valence-corrected chi connectivity index (χ2v) is 4.26. The van der Waals surface area contributed by atoms with Crippen molar-refractivity contribution >= 4 is 23.5 Å². The molecule has 0 amide bonds. The highest BCUT2D eigenvalue weighted by Gasteiger charge is 2.06. The van der Waals surface area contributed by atoms with Crippen LogP contribution in [0.4, 0.5) is 0 Å². The van der Waals surface area contributed by atoms with E-state index in [0.717, 1.165) is 24.1 Å². The third kappa shape index (κ3) is 5.57. The second-order valence-electron chi connectivity index (χ2n) is 3.86. The SMILES string of the molecule is CCCOC(=O)/C=C/C(=O)Oc1cc(C)ccc1Cl. The third-order valence-corrected chi connectivity index (χ3v) is 2.41. The van der Waals surface area contributed by atoms with Crippen LogP contribution in [0.25, 0.3) is 0 Å². The molecule has 4 nitrogen and oxygen atoms in total. The molecular weight excluding hydrogens is 268 g/mol. The highest BCUT2D eigenvalue weighted by atomic mass is 35.5. The van der Waals surface area contributed by atoms with Gasteiger partial charge >= 0.3 is 11.9 Å². The van der Waals surface area contributed by atoms with Crippen LogP contribution in [0.5, 0.6) is 5.75 Å². The summed E-state index contributed by atoms with van der Waals surface area (Å²) in [5, 5.41) is 0.334. The van der Waals surface area contributed by atoms with Crippen LogP contribution < -0.4 is 4.74 Å². The van der Waals surface area contributed by atoms with Crippen molar-refractivity contribution in [3.8, 4) is 5.75 Å². The summed E-state index contributed by atoms with van der Waals surface area (Å²) >= 11 is 5.88. The first-order chi connectivity index (χ1) is 9.02. The van der Waals surface area contributed by atoms with Crippen LogP contribution in [-0.2, 0) is 14.3 Å². The third-order valence-electron chi connectivity index (χ3n) is 2.10. The Morgan fingerprint density at radius 2 is 1.95 bits per heavy atom. The molecule has 1 aromatic carbocycles. The van der Waals surface area contributed by atoms with Gasteiger partial charge in [-0.15, -0.1) is 0 Å². The van der Waals surface area contributed by atoms with E-state index in [9.17, 15) is 9.59 Å². The van der Waals surface area contributed by atoms with Gasteiger partial charge in [-0.05, 0) is 31.0 Å². The first-order valence-electron chi connectivity index (χ1n) is 5.85. The minimum atomic E-state index is -0.680. The number of rotatable bonds is 5. The summed E-state index contributed by atoms with van der Waals surface area (Å²) < 4.78 is 9.79. The van der Waals surface area contributed by atoms with Gasteiger partial charge in [0.15, 0.2) is 0 Å². The van der Waals surface area contributed by atoms with Crippen LogP contribution >= 0.6 is 11.6 Å². The fourth-order valence-corrected chi connectivity index (χ4v) is 1.37. The summed E-state index contributed by atoms with van der Waals surface area (Å²) in [5.74, 6) is -0.992. The summed E-state index contributed by atoms with van der Waals surface area (Å²) in [4.78, 5) is 22.6. The normalized spacial score (nSPS) is 10.5. The van der Waals surface area contributed by atoms with E-state index < -0.39 is 11.9 Å². The highest BCUT2D eigenvalue weighted by molar-refractivity contribution is 6.32. The number of aryl methyl sites for hydroxylation is 1. The molecule has 0 aromatic heterocycles. The zero-order valence-electron chi connectivity index (χ0n) is 10.8. The molecule has 102 valence electrons.